The second-order valence-electron chi connectivity index (χ2n) is 6.04. The number of benzene rings is 1. The number of piperidine rings is 1. The van der Waals surface area contributed by atoms with E-state index in [9.17, 15) is 4.79 Å². The molecule has 0 aliphatic carbocycles. The van der Waals surface area contributed by atoms with Gasteiger partial charge in [0, 0.05) is 25.3 Å². The summed E-state index contributed by atoms with van der Waals surface area (Å²) < 4.78 is 5.78. The molecule has 25 heavy (non-hydrogen) atoms. The third-order valence-corrected chi connectivity index (χ3v) is 4.31. The molecule has 0 saturated carbocycles. The van der Waals surface area contributed by atoms with Gasteiger partial charge in [-0.3, -0.25) is 9.89 Å². The average molecular weight is 365 g/mol. The monoisotopic (exact) mass is 364 g/mol. The van der Waals surface area contributed by atoms with Crippen molar-refractivity contribution in [3.63, 3.8) is 0 Å². The Labute approximate surface area is 154 Å². The van der Waals surface area contributed by atoms with Gasteiger partial charge >= 0.3 is 0 Å². The molecular formula is C18H25ClN4O2. The summed E-state index contributed by atoms with van der Waals surface area (Å²) in [6.45, 7) is 2.79. The first-order valence-corrected chi connectivity index (χ1v) is 8.49. The zero-order valence-electron chi connectivity index (χ0n) is 14.2. The number of nitrogens with zero attached hydrogens (tertiary/aromatic N) is 2. The van der Waals surface area contributed by atoms with Crippen molar-refractivity contribution in [1.29, 1.82) is 0 Å². The maximum Gasteiger partial charge on any atom is 0.271 e. The Hall–Kier alpha value is -1.89. The second kappa shape index (κ2) is 9.56. The fourth-order valence-electron chi connectivity index (χ4n) is 2.92. The van der Waals surface area contributed by atoms with Gasteiger partial charge in [-0.2, -0.15) is 5.10 Å². The van der Waals surface area contributed by atoms with E-state index in [0.717, 1.165) is 30.5 Å². The highest BCUT2D eigenvalue weighted by Gasteiger charge is 2.25. The minimum atomic E-state index is 0. The number of hydrogen-bond acceptors (Lipinski definition) is 4. The zero-order valence-corrected chi connectivity index (χ0v) is 15.0. The van der Waals surface area contributed by atoms with Crippen LogP contribution in [0.2, 0.25) is 0 Å². The number of aromatic nitrogens is 2. The van der Waals surface area contributed by atoms with Crippen molar-refractivity contribution in [2.45, 2.75) is 25.4 Å². The first-order valence-electron chi connectivity index (χ1n) is 8.49. The molecule has 0 unspecified atom stereocenters. The van der Waals surface area contributed by atoms with E-state index < -0.39 is 0 Å². The minimum Gasteiger partial charge on any atom is -0.378 e. The Bertz CT molecular complexity index is 654. The van der Waals surface area contributed by atoms with Gasteiger partial charge in [-0.1, -0.05) is 30.3 Å². The van der Waals surface area contributed by atoms with E-state index in [-0.39, 0.29) is 24.4 Å². The summed E-state index contributed by atoms with van der Waals surface area (Å²) in [6, 6.07) is 11.7. The molecule has 0 atom stereocenters. The predicted octanol–water partition coefficient (Wildman–Crippen LogP) is 2.47. The lowest BCUT2D eigenvalue weighted by atomic mass is 10.1. The first-order chi connectivity index (χ1) is 11.8. The van der Waals surface area contributed by atoms with Gasteiger partial charge in [0.1, 0.15) is 5.69 Å². The van der Waals surface area contributed by atoms with Crippen LogP contribution in [0.25, 0.3) is 11.3 Å². The van der Waals surface area contributed by atoms with Crippen molar-refractivity contribution in [3.05, 3.63) is 42.1 Å². The van der Waals surface area contributed by atoms with E-state index in [1.54, 1.807) is 0 Å². The summed E-state index contributed by atoms with van der Waals surface area (Å²) in [5.74, 6) is 0.00471. The molecule has 1 fully saturated rings. The van der Waals surface area contributed by atoms with E-state index in [2.05, 4.69) is 10.2 Å². The van der Waals surface area contributed by atoms with Crippen LogP contribution in [-0.4, -0.2) is 53.3 Å². The van der Waals surface area contributed by atoms with E-state index in [1.165, 1.54) is 0 Å². The van der Waals surface area contributed by atoms with Gasteiger partial charge in [0.15, 0.2) is 0 Å². The Morgan fingerprint density at radius 3 is 2.68 bits per heavy atom. The molecule has 0 bridgehead atoms. The van der Waals surface area contributed by atoms with E-state index >= 15 is 0 Å². The van der Waals surface area contributed by atoms with Gasteiger partial charge in [0.2, 0.25) is 0 Å². The SMILES string of the molecule is Cl.NCCCOC1CCN(C(=O)c2cc(-c3ccccc3)n[nH]2)CC1. The number of likely N-dealkylation sites (tertiary alicyclic amines) is 1. The molecule has 6 nitrogen and oxygen atoms in total. The third kappa shape index (κ3) is 5.04. The highest BCUT2D eigenvalue weighted by atomic mass is 35.5. The van der Waals surface area contributed by atoms with Crippen LogP contribution < -0.4 is 5.73 Å². The number of nitrogens with one attached hydrogen (secondary N) is 1. The van der Waals surface area contributed by atoms with E-state index in [0.29, 0.717) is 31.9 Å². The highest BCUT2D eigenvalue weighted by molar-refractivity contribution is 5.93. The normalized spacial score (nSPS) is 15.0. The third-order valence-electron chi connectivity index (χ3n) is 4.31. The van der Waals surface area contributed by atoms with E-state index in [4.69, 9.17) is 10.5 Å². The van der Waals surface area contributed by atoms with Crippen LogP contribution in [0.1, 0.15) is 29.8 Å². The van der Waals surface area contributed by atoms with Crippen molar-refractivity contribution in [2.24, 2.45) is 5.73 Å². The fourth-order valence-corrected chi connectivity index (χ4v) is 2.92. The quantitative estimate of drug-likeness (QED) is 0.771. The molecule has 136 valence electrons. The molecule has 2 aromatic rings. The maximum atomic E-state index is 12.6. The molecule has 1 saturated heterocycles. The van der Waals surface area contributed by atoms with Crippen LogP contribution in [0.15, 0.2) is 36.4 Å². The number of rotatable bonds is 6. The molecule has 1 aliphatic heterocycles. The summed E-state index contributed by atoms with van der Waals surface area (Å²) in [5, 5.41) is 7.13. The van der Waals surface area contributed by atoms with Crippen molar-refractivity contribution in [3.8, 4) is 11.3 Å². The van der Waals surface area contributed by atoms with Gasteiger partial charge in [-0.15, -0.1) is 12.4 Å². The average Bonchev–Trinajstić information content (AvgIpc) is 3.13. The standard InChI is InChI=1S/C18H24N4O2.ClH/c19-9-4-12-24-15-7-10-22(11-8-15)18(23)17-13-16(20-21-17)14-5-2-1-3-6-14;/h1-3,5-6,13,15H,4,7-12,19H2,(H,20,21);1H. The highest BCUT2D eigenvalue weighted by Crippen LogP contribution is 2.20. The first kappa shape index (κ1) is 19.4. The number of aromatic amines is 1. The number of carbonyl (C=O) groups excluding carboxylic acids is 1. The van der Waals surface area contributed by atoms with Gasteiger partial charge in [-0.05, 0) is 31.9 Å². The van der Waals surface area contributed by atoms with Crippen LogP contribution in [-0.2, 0) is 4.74 Å². The minimum absolute atomic E-state index is 0. The van der Waals surface area contributed by atoms with Crippen molar-refractivity contribution in [2.75, 3.05) is 26.2 Å². The van der Waals surface area contributed by atoms with Crippen LogP contribution in [0.3, 0.4) is 0 Å². The van der Waals surface area contributed by atoms with Crippen LogP contribution in [0.5, 0.6) is 0 Å². The second-order valence-corrected chi connectivity index (χ2v) is 6.04. The van der Waals surface area contributed by atoms with Crippen LogP contribution >= 0.6 is 12.4 Å². The molecule has 3 N–H and O–H groups in total. The molecule has 0 spiro atoms. The van der Waals surface area contributed by atoms with E-state index in [1.807, 2.05) is 41.3 Å². The summed E-state index contributed by atoms with van der Waals surface area (Å²) in [6.07, 6.45) is 2.86. The molecule has 1 amide bonds. The Morgan fingerprint density at radius 2 is 2.00 bits per heavy atom. The lowest BCUT2D eigenvalue weighted by Crippen LogP contribution is -2.41. The summed E-state index contributed by atoms with van der Waals surface area (Å²) >= 11 is 0. The summed E-state index contributed by atoms with van der Waals surface area (Å²) in [5.41, 5.74) is 7.80. The zero-order chi connectivity index (χ0) is 16.8. The van der Waals surface area contributed by atoms with Crippen molar-refractivity contribution < 1.29 is 9.53 Å². The number of halogens is 1. The van der Waals surface area contributed by atoms with Crippen LogP contribution in [0, 0.1) is 0 Å². The van der Waals surface area contributed by atoms with Crippen molar-refractivity contribution in [1.82, 2.24) is 15.1 Å². The van der Waals surface area contributed by atoms with Gasteiger partial charge in [-0.25, -0.2) is 0 Å². The fraction of sp³-hybridized carbons (Fsp3) is 0.444. The van der Waals surface area contributed by atoms with Gasteiger partial charge < -0.3 is 15.4 Å². The number of hydrogen-bond donors (Lipinski definition) is 2. The Kier molecular flexibility index (Phi) is 7.43. The molecule has 7 heteroatoms. The molecule has 1 aromatic heterocycles. The Morgan fingerprint density at radius 1 is 1.28 bits per heavy atom. The Balaban J connectivity index is 0.00000225. The number of H-pyrrole nitrogens is 1. The lowest BCUT2D eigenvalue weighted by molar-refractivity contribution is 0.00829. The molecule has 2 heterocycles. The number of carbonyl (C=O) groups is 1. The molecule has 3 rings (SSSR count). The lowest BCUT2D eigenvalue weighted by Gasteiger charge is -2.31. The molecule has 1 aromatic carbocycles. The molecule has 0 radical (unpaired) electrons. The van der Waals surface area contributed by atoms with Gasteiger partial charge in [0.05, 0.1) is 11.8 Å². The van der Waals surface area contributed by atoms with Crippen molar-refractivity contribution >= 4 is 18.3 Å². The number of ether oxygens (including phenoxy) is 1. The summed E-state index contributed by atoms with van der Waals surface area (Å²) in [7, 11) is 0. The topological polar surface area (TPSA) is 84.2 Å². The number of amides is 1. The summed E-state index contributed by atoms with van der Waals surface area (Å²) in [4.78, 5) is 14.5. The largest absolute Gasteiger partial charge is 0.378 e. The molecule has 1 aliphatic rings. The maximum absolute atomic E-state index is 12.6. The number of nitrogens with two attached hydrogens (primary N) is 1. The smallest absolute Gasteiger partial charge is 0.271 e. The van der Waals surface area contributed by atoms with Crippen LogP contribution in [0.4, 0.5) is 0 Å². The molecular weight excluding hydrogens is 340 g/mol. The predicted molar refractivity (Wildman–Crippen MR) is 99.8 cm³/mol. The van der Waals surface area contributed by atoms with Gasteiger partial charge in [0.25, 0.3) is 5.91 Å².